The van der Waals surface area contributed by atoms with Crippen LogP contribution in [0.2, 0.25) is 0 Å². The van der Waals surface area contributed by atoms with Crippen LogP contribution in [0, 0.1) is 11.3 Å². The maximum Gasteiger partial charge on any atom is 0.191 e. The van der Waals surface area contributed by atoms with Gasteiger partial charge in [0.2, 0.25) is 0 Å². The first kappa shape index (κ1) is 21.6. The normalized spacial score (nSPS) is 36.8. The maximum absolute atomic E-state index is 5.93. The third kappa shape index (κ3) is 4.78. The first-order chi connectivity index (χ1) is 11.6. The second kappa shape index (κ2) is 9.49. The fourth-order valence-corrected chi connectivity index (χ4v) is 6.09. The molecule has 1 heterocycles. The number of hydrogen-bond acceptors (Lipinski definition) is 3. The van der Waals surface area contributed by atoms with E-state index in [0.29, 0.717) is 24.1 Å². The lowest BCUT2D eigenvalue weighted by molar-refractivity contribution is -0.106. The van der Waals surface area contributed by atoms with Gasteiger partial charge in [-0.15, -0.1) is 24.0 Å². The molecule has 0 aromatic heterocycles. The highest BCUT2D eigenvalue weighted by molar-refractivity contribution is 14.0. The molecule has 5 atom stereocenters. The summed E-state index contributed by atoms with van der Waals surface area (Å²) in [7, 11) is 0. The van der Waals surface area contributed by atoms with E-state index in [4.69, 9.17) is 9.73 Å². The number of rotatable bonds is 5. The average Bonchev–Trinajstić information content (AvgIpc) is 3.00. The molecule has 3 rings (SSSR count). The predicted octanol–water partition coefficient (Wildman–Crippen LogP) is 4.04. The van der Waals surface area contributed by atoms with Crippen molar-refractivity contribution in [1.29, 1.82) is 0 Å². The molecule has 1 aliphatic heterocycles. The molecule has 0 aromatic carbocycles. The van der Waals surface area contributed by atoms with Crippen LogP contribution in [0.15, 0.2) is 4.99 Å². The van der Waals surface area contributed by atoms with Gasteiger partial charge in [0, 0.05) is 41.8 Å². The summed E-state index contributed by atoms with van der Waals surface area (Å²) in [4.78, 5) is 4.74. The molecular formula is C19H36IN3OS. The summed E-state index contributed by atoms with van der Waals surface area (Å²) in [6, 6.07) is 1.05. The fourth-order valence-electron chi connectivity index (χ4n) is 4.91. The summed E-state index contributed by atoms with van der Waals surface area (Å²) in [6.45, 7) is 10.8. The fraction of sp³-hybridized carbons (Fsp3) is 0.947. The molecule has 25 heavy (non-hydrogen) atoms. The van der Waals surface area contributed by atoms with Crippen LogP contribution in [0.25, 0.3) is 0 Å². The zero-order valence-corrected chi connectivity index (χ0v) is 19.4. The Hall–Kier alpha value is 0.310. The van der Waals surface area contributed by atoms with E-state index in [1.54, 1.807) is 0 Å². The Morgan fingerprint density at radius 1 is 1.20 bits per heavy atom. The van der Waals surface area contributed by atoms with Crippen LogP contribution in [0.4, 0.5) is 0 Å². The van der Waals surface area contributed by atoms with Crippen molar-refractivity contribution in [3.8, 4) is 0 Å². The van der Waals surface area contributed by atoms with Crippen LogP contribution in [0.5, 0.6) is 0 Å². The van der Waals surface area contributed by atoms with Crippen molar-refractivity contribution in [3.05, 3.63) is 0 Å². The average molecular weight is 481 g/mol. The number of nitrogens with one attached hydrogen (secondary N) is 2. The molecule has 2 N–H and O–H groups in total. The Bertz CT molecular complexity index is 458. The Morgan fingerprint density at radius 2 is 2.00 bits per heavy atom. The van der Waals surface area contributed by atoms with Gasteiger partial charge in [-0.05, 0) is 38.4 Å². The lowest BCUT2D eigenvalue weighted by Crippen LogP contribution is -2.68. The quantitative estimate of drug-likeness (QED) is 0.354. The second-order valence-electron chi connectivity index (χ2n) is 8.10. The minimum atomic E-state index is 0. The van der Waals surface area contributed by atoms with Crippen LogP contribution in [-0.2, 0) is 4.74 Å². The van der Waals surface area contributed by atoms with E-state index in [0.717, 1.165) is 24.4 Å². The molecule has 3 aliphatic rings. The van der Waals surface area contributed by atoms with Crippen LogP contribution >= 0.6 is 35.7 Å². The summed E-state index contributed by atoms with van der Waals surface area (Å²) in [5.74, 6) is 2.90. The smallest absolute Gasteiger partial charge is 0.191 e. The summed E-state index contributed by atoms with van der Waals surface area (Å²) < 4.78 is 5.93. The standard InChI is InChI=1S/C19H35N3OS.HI/c1-5-20-18(21-13-8-7-9-14(12-13)24-6-2)22-16-15-10-11-23-17(15)19(16,3)4;/h13-17H,5-12H2,1-4H3,(H2,20,21,22);1H. The molecule has 2 saturated carbocycles. The zero-order valence-electron chi connectivity index (χ0n) is 16.2. The monoisotopic (exact) mass is 481 g/mol. The van der Waals surface area contributed by atoms with Crippen molar-refractivity contribution < 1.29 is 4.74 Å². The highest BCUT2D eigenvalue weighted by atomic mass is 127. The molecule has 2 aliphatic carbocycles. The largest absolute Gasteiger partial charge is 0.377 e. The van der Waals surface area contributed by atoms with E-state index in [1.807, 2.05) is 0 Å². The number of hydrogen-bond donors (Lipinski definition) is 2. The number of ether oxygens (including phenoxy) is 1. The van der Waals surface area contributed by atoms with Crippen molar-refractivity contribution in [1.82, 2.24) is 10.6 Å². The topological polar surface area (TPSA) is 45.7 Å². The van der Waals surface area contributed by atoms with Gasteiger partial charge in [-0.1, -0.05) is 27.2 Å². The van der Waals surface area contributed by atoms with E-state index in [-0.39, 0.29) is 29.4 Å². The van der Waals surface area contributed by atoms with Gasteiger partial charge in [0.25, 0.3) is 0 Å². The van der Waals surface area contributed by atoms with Crippen LogP contribution in [0.1, 0.15) is 59.8 Å². The molecule has 0 bridgehead atoms. The van der Waals surface area contributed by atoms with Gasteiger partial charge in [-0.25, -0.2) is 0 Å². The summed E-state index contributed by atoms with van der Waals surface area (Å²) >= 11 is 2.12. The Balaban J connectivity index is 0.00000225. The molecule has 1 saturated heterocycles. The van der Waals surface area contributed by atoms with Crippen molar-refractivity contribution in [2.45, 2.75) is 83.2 Å². The number of fused-ring (bicyclic) bond motifs is 1. The van der Waals surface area contributed by atoms with Crippen LogP contribution in [-0.4, -0.2) is 48.3 Å². The minimum Gasteiger partial charge on any atom is -0.377 e. The van der Waals surface area contributed by atoms with E-state index in [2.05, 4.69) is 50.1 Å². The molecule has 146 valence electrons. The van der Waals surface area contributed by atoms with E-state index in [1.165, 1.54) is 37.9 Å². The van der Waals surface area contributed by atoms with Gasteiger partial charge in [0.1, 0.15) is 0 Å². The van der Waals surface area contributed by atoms with Crippen molar-refractivity contribution >= 4 is 41.7 Å². The van der Waals surface area contributed by atoms with Crippen molar-refractivity contribution in [3.63, 3.8) is 0 Å². The molecule has 3 fully saturated rings. The van der Waals surface area contributed by atoms with Crippen LogP contribution in [0.3, 0.4) is 0 Å². The Kier molecular flexibility index (Phi) is 8.20. The third-order valence-electron chi connectivity index (χ3n) is 6.08. The second-order valence-corrected chi connectivity index (χ2v) is 9.67. The summed E-state index contributed by atoms with van der Waals surface area (Å²) in [5.41, 5.74) is 0.199. The van der Waals surface area contributed by atoms with Crippen molar-refractivity contribution in [2.75, 3.05) is 18.9 Å². The summed E-state index contributed by atoms with van der Waals surface area (Å²) in [6.07, 6.45) is 6.87. The molecule has 6 heteroatoms. The zero-order chi connectivity index (χ0) is 17.2. The maximum atomic E-state index is 5.93. The number of nitrogens with zero attached hydrogens (tertiary/aromatic N) is 1. The van der Waals surface area contributed by atoms with Gasteiger partial charge < -0.3 is 15.4 Å². The highest BCUT2D eigenvalue weighted by Gasteiger charge is 2.59. The molecule has 0 aromatic rings. The molecule has 0 amide bonds. The van der Waals surface area contributed by atoms with E-state index < -0.39 is 0 Å². The van der Waals surface area contributed by atoms with E-state index in [9.17, 15) is 0 Å². The Labute approximate surface area is 175 Å². The van der Waals surface area contributed by atoms with Gasteiger partial charge >= 0.3 is 0 Å². The van der Waals surface area contributed by atoms with Crippen LogP contribution < -0.4 is 10.6 Å². The first-order valence-electron chi connectivity index (χ1n) is 9.87. The number of halogens is 1. The number of guanidine groups is 1. The van der Waals surface area contributed by atoms with Gasteiger partial charge in [0.05, 0.1) is 6.10 Å². The molecule has 5 unspecified atom stereocenters. The first-order valence-corrected chi connectivity index (χ1v) is 10.9. The SMILES string of the molecule is CCN=C(NC1CCCC(SCC)C1)NC1C2CCOC2C1(C)C.I. The molecule has 0 spiro atoms. The third-order valence-corrected chi connectivity index (χ3v) is 7.31. The molecule has 0 radical (unpaired) electrons. The minimum absolute atomic E-state index is 0. The van der Waals surface area contributed by atoms with Crippen molar-refractivity contribution in [2.24, 2.45) is 16.3 Å². The molecule has 4 nitrogen and oxygen atoms in total. The lowest BCUT2D eigenvalue weighted by atomic mass is 9.57. The van der Waals surface area contributed by atoms with Gasteiger partial charge in [-0.2, -0.15) is 11.8 Å². The van der Waals surface area contributed by atoms with Gasteiger partial charge in [-0.3, -0.25) is 4.99 Å². The number of aliphatic imine (C=N–C) groups is 1. The Morgan fingerprint density at radius 3 is 2.72 bits per heavy atom. The highest BCUT2D eigenvalue weighted by Crippen LogP contribution is 2.52. The van der Waals surface area contributed by atoms with E-state index >= 15 is 0 Å². The summed E-state index contributed by atoms with van der Waals surface area (Å²) in [5, 5.41) is 8.33. The predicted molar refractivity (Wildman–Crippen MR) is 119 cm³/mol. The van der Waals surface area contributed by atoms with Gasteiger partial charge in [0.15, 0.2) is 5.96 Å². The lowest BCUT2D eigenvalue weighted by Gasteiger charge is -2.55. The molecular weight excluding hydrogens is 445 g/mol. The number of thioether (sulfide) groups is 1.